The first-order valence-corrected chi connectivity index (χ1v) is 10.5. The van der Waals surface area contributed by atoms with Crippen LogP contribution in [0, 0.1) is 10.1 Å². The number of ketones is 1. The predicted octanol–water partition coefficient (Wildman–Crippen LogP) is 3.70. The van der Waals surface area contributed by atoms with Gasteiger partial charge in [0, 0.05) is 50.7 Å². The van der Waals surface area contributed by atoms with Gasteiger partial charge in [0.05, 0.1) is 11.5 Å². The molecule has 1 fully saturated rings. The zero-order chi connectivity index (χ0) is 22.2. The minimum Gasteiger partial charge on any atom is -0.494 e. The number of piperazine rings is 1. The number of anilines is 1. The number of amides is 1. The summed E-state index contributed by atoms with van der Waals surface area (Å²) in [5, 5.41) is 11.2. The third kappa shape index (κ3) is 5.81. The second-order valence-corrected chi connectivity index (χ2v) is 7.41. The Morgan fingerprint density at radius 2 is 1.68 bits per heavy atom. The van der Waals surface area contributed by atoms with Crippen molar-refractivity contribution in [3.8, 4) is 5.75 Å². The first-order valence-electron chi connectivity index (χ1n) is 10.5. The molecule has 0 unspecified atom stereocenters. The molecular formula is C23H27N3O5. The number of nitro benzene ring substituents is 1. The molecule has 0 radical (unpaired) electrons. The summed E-state index contributed by atoms with van der Waals surface area (Å²) in [4.78, 5) is 39.5. The Kier molecular flexibility index (Phi) is 7.59. The molecule has 31 heavy (non-hydrogen) atoms. The SMILES string of the molecule is CCCOc1ccc(C(=O)CCC(=O)N2CCN(c3ccccc3[N+](=O)[O-])CC2)cc1. The third-order valence-electron chi connectivity index (χ3n) is 5.27. The number of nitro groups is 1. The highest BCUT2D eigenvalue weighted by molar-refractivity contribution is 5.98. The molecule has 8 heteroatoms. The van der Waals surface area contributed by atoms with Crippen molar-refractivity contribution in [2.75, 3.05) is 37.7 Å². The van der Waals surface area contributed by atoms with E-state index in [9.17, 15) is 19.7 Å². The van der Waals surface area contributed by atoms with Crippen LogP contribution in [0.3, 0.4) is 0 Å². The fourth-order valence-electron chi connectivity index (χ4n) is 3.56. The van der Waals surface area contributed by atoms with Crippen LogP contribution in [0.5, 0.6) is 5.75 Å². The number of Topliss-reactive ketones (excluding diaryl/α,β-unsaturated/α-hetero) is 1. The molecule has 3 rings (SSSR count). The topological polar surface area (TPSA) is 93.0 Å². The Bertz CT molecular complexity index is 921. The van der Waals surface area contributed by atoms with E-state index in [1.165, 1.54) is 6.07 Å². The molecule has 2 aromatic carbocycles. The molecular weight excluding hydrogens is 398 g/mol. The van der Waals surface area contributed by atoms with Gasteiger partial charge in [-0.05, 0) is 36.8 Å². The number of carbonyl (C=O) groups excluding carboxylic acids is 2. The van der Waals surface area contributed by atoms with E-state index in [4.69, 9.17) is 4.74 Å². The van der Waals surface area contributed by atoms with Gasteiger partial charge in [0.25, 0.3) is 5.69 Å². The highest BCUT2D eigenvalue weighted by Crippen LogP contribution is 2.28. The Hall–Kier alpha value is -3.42. The fourth-order valence-corrected chi connectivity index (χ4v) is 3.56. The van der Waals surface area contributed by atoms with Crippen LogP contribution in [-0.2, 0) is 4.79 Å². The summed E-state index contributed by atoms with van der Waals surface area (Å²) in [6.07, 6.45) is 1.22. The Labute approximate surface area is 181 Å². The van der Waals surface area contributed by atoms with Gasteiger partial charge in [-0.1, -0.05) is 19.1 Å². The number of carbonyl (C=O) groups is 2. The molecule has 0 atom stereocenters. The van der Waals surface area contributed by atoms with Crippen molar-refractivity contribution in [2.45, 2.75) is 26.2 Å². The van der Waals surface area contributed by atoms with Crippen molar-refractivity contribution in [1.82, 2.24) is 4.90 Å². The van der Waals surface area contributed by atoms with Crippen molar-refractivity contribution in [1.29, 1.82) is 0 Å². The van der Waals surface area contributed by atoms with E-state index in [0.29, 0.717) is 44.0 Å². The summed E-state index contributed by atoms with van der Waals surface area (Å²) in [6, 6.07) is 13.6. The molecule has 0 spiro atoms. The highest BCUT2D eigenvalue weighted by atomic mass is 16.6. The van der Waals surface area contributed by atoms with Crippen LogP contribution in [0.15, 0.2) is 48.5 Å². The molecule has 1 aliphatic rings. The van der Waals surface area contributed by atoms with Crippen LogP contribution in [0.2, 0.25) is 0 Å². The molecule has 164 valence electrons. The first-order chi connectivity index (χ1) is 15.0. The second-order valence-electron chi connectivity index (χ2n) is 7.41. The molecule has 1 heterocycles. The van der Waals surface area contributed by atoms with E-state index in [1.54, 1.807) is 47.4 Å². The maximum atomic E-state index is 12.6. The lowest BCUT2D eigenvalue weighted by molar-refractivity contribution is -0.384. The lowest BCUT2D eigenvalue weighted by Crippen LogP contribution is -2.49. The second kappa shape index (κ2) is 10.6. The lowest BCUT2D eigenvalue weighted by Gasteiger charge is -2.35. The van der Waals surface area contributed by atoms with Gasteiger partial charge in [-0.2, -0.15) is 0 Å². The molecule has 1 aliphatic heterocycles. The highest BCUT2D eigenvalue weighted by Gasteiger charge is 2.25. The summed E-state index contributed by atoms with van der Waals surface area (Å²) in [5.41, 5.74) is 1.21. The van der Waals surface area contributed by atoms with Crippen molar-refractivity contribution >= 4 is 23.1 Å². The quantitative estimate of drug-likeness (QED) is 0.346. The van der Waals surface area contributed by atoms with Crippen LogP contribution >= 0.6 is 0 Å². The van der Waals surface area contributed by atoms with Crippen LogP contribution in [0.25, 0.3) is 0 Å². The lowest BCUT2D eigenvalue weighted by atomic mass is 10.1. The van der Waals surface area contributed by atoms with Crippen molar-refractivity contribution in [2.24, 2.45) is 0 Å². The van der Waals surface area contributed by atoms with Crippen LogP contribution in [0.1, 0.15) is 36.5 Å². The van der Waals surface area contributed by atoms with Crippen molar-refractivity contribution in [3.05, 3.63) is 64.2 Å². The molecule has 1 saturated heterocycles. The average Bonchev–Trinajstić information content (AvgIpc) is 2.81. The Morgan fingerprint density at radius 3 is 2.32 bits per heavy atom. The van der Waals surface area contributed by atoms with Gasteiger partial charge in [0.15, 0.2) is 5.78 Å². The number of ether oxygens (including phenoxy) is 1. The molecule has 0 bridgehead atoms. The third-order valence-corrected chi connectivity index (χ3v) is 5.27. The summed E-state index contributed by atoms with van der Waals surface area (Å²) >= 11 is 0. The molecule has 0 saturated carbocycles. The van der Waals surface area contributed by atoms with Crippen LogP contribution < -0.4 is 9.64 Å². The summed E-state index contributed by atoms with van der Waals surface area (Å²) < 4.78 is 5.52. The monoisotopic (exact) mass is 425 g/mol. The first kappa shape index (κ1) is 22.3. The predicted molar refractivity (Wildman–Crippen MR) is 118 cm³/mol. The van der Waals surface area contributed by atoms with Gasteiger partial charge in [-0.3, -0.25) is 19.7 Å². The van der Waals surface area contributed by atoms with Crippen molar-refractivity contribution < 1.29 is 19.2 Å². The van der Waals surface area contributed by atoms with E-state index in [1.807, 2.05) is 11.8 Å². The van der Waals surface area contributed by atoms with Crippen LogP contribution in [-0.4, -0.2) is 54.3 Å². The summed E-state index contributed by atoms with van der Waals surface area (Å²) in [7, 11) is 0. The minimum atomic E-state index is -0.388. The van der Waals surface area contributed by atoms with Gasteiger partial charge >= 0.3 is 0 Å². The number of rotatable bonds is 9. The van der Waals surface area contributed by atoms with Gasteiger partial charge in [0.1, 0.15) is 11.4 Å². The normalized spacial score (nSPS) is 13.7. The maximum Gasteiger partial charge on any atom is 0.292 e. The zero-order valence-corrected chi connectivity index (χ0v) is 17.7. The number of benzene rings is 2. The Morgan fingerprint density at radius 1 is 1.00 bits per heavy atom. The largest absolute Gasteiger partial charge is 0.494 e. The minimum absolute atomic E-state index is 0.0685. The van der Waals surface area contributed by atoms with Gasteiger partial charge in [-0.25, -0.2) is 0 Å². The van der Waals surface area contributed by atoms with E-state index < -0.39 is 0 Å². The average molecular weight is 425 g/mol. The zero-order valence-electron chi connectivity index (χ0n) is 17.7. The van der Waals surface area contributed by atoms with E-state index in [0.717, 1.165) is 12.2 Å². The van der Waals surface area contributed by atoms with E-state index in [-0.39, 0.29) is 35.1 Å². The number of para-hydroxylation sites is 2. The molecule has 1 amide bonds. The van der Waals surface area contributed by atoms with Crippen molar-refractivity contribution in [3.63, 3.8) is 0 Å². The van der Waals surface area contributed by atoms with Gasteiger partial charge in [-0.15, -0.1) is 0 Å². The molecule has 0 aromatic heterocycles. The molecule has 2 aromatic rings. The molecule has 0 aliphatic carbocycles. The smallest absolute Gasteiger partial charge is 0.292 e. The fraction of sp³-hybridized carbons (Fsp3) is 0.391. The van der Waals surface area contributed by atoms with E-state index in [2.05, 4.69) is 0 Å². The Balaban J connectivity index is 1.48. The number of hydrogen-bond acceptors (Lipinski definition) is 6. The number of nitrogens with zero attached hydrogens (tertiary/aromatic N) is 3. The van der Waals surface area contributed by atoms with Gasteiger partial charge < -0.3 is 14.5 Å². The van der Waals surface area contributed by atoms with Gasteiger partial charge in [0.2, 0.25) is 5.91 Å². The van der Waals surface area contributed by atoms with E-state index >= 15 is 0 Å². The summed E-state index contributed by atoms with van der Waals surface area (Å²) in [5.74, 6) is 0.582. The molecule has 8 nitrogen and oxygen atoms in total. The van der Waals surface area contributed by atoms with Crippen LogP contribution in [0.4, 0.5) is 11.4 Å². The standard InChI is InChI=1S/C23H27N3O5/c1-2-17-31-19-9-7-18(8-10-19)22(27)11-12-23(28)25-15-13-24(14-16-25)20-5-3-4-6-21(20)26(29)30/h3-10H,2,11-17H2,1H3. The summed E-state index contributed by atoms with van der Waals surface area (Å²) in [6.45, 7) is 4.64. The number of hydrogen-bond donors (Lipinski definition) is 0. The molecule has 0 N–H and O–H groups in total. The maximum absolute atomic E-state index is 12.6.